The van der Waals surface area contributed by atoms with Crippen molar-refractivity contribution in [1.29, 1.82) is 0 Å². The van der Waals surface area contributed by atoms with Gasteiger partial charge < -0.3 is 15.0 Å². The Bertz CT molecular complexity index is 1000. The fourth-order valence-electron chi connectivity index (χ4n) is 3.06. The number of amides is 2. The van der Waals surface area contributed by atoms with Gasteiger partial charge in [0, 0.05) is 37.1 Å². The Kier molecular flexibility index (Phi) is 12.1. The summed E-state index contributed by atoms with van der Waals surface area (Å²) in [6.45, 7) is 5.87. The fraction of sp³-hybridized carbons (Fsp3) is 0.417. The molecule has 2 amide bonds. The molecule has 2 aromatic rings. The van der Waals surface area contributed by atoms with Gasteiger partial charge >= 0.3 is 6.03 Å². The van der Waals surface area contributed by atoms with Crippen molar-refractivity contribution in [3.63, 3.8) is 0 Å². The molecule has 0 heterocycles. The monoisotopic (exact) mass is 528 g/mol. The van der Waals surface area contributed by atoms with E-state index in [4.69, 9.17) is 27.9 Å². The molecule has 0 unspecified atom stereocenters. The van der Waals surface area contributed by atoms with Crippen LogP contribution in [0.4, 0.5) is 4.79 Å². The van der Waals surface area contributed by atoms with Crippen molar-refractivity contribution < 1.29 is 17.9 Å². The summed E-state index contributed by atoms with van der Waals surface area (Å²) in [5.41, 5.74) is 1.09. The van der Waals surface area contributed by atoms with E-state index in [2.05, 4.69) is 10.0 Å². The first-order valence-corrected chi connectivity index (χ1v) is 13.4. The second-order valence-electron chi connectivity index (χ2n) is 8.02. The van der Waals surface area contributed by atoms with E-state index in [1.165, 1.54) is 18.2 Å². The summed E-state index contributed by atoms with van der Waals surface area (Å²) in [6, 6.07) is 14.0. The quantitative estimate of drug-likeness (QED) is 0.341. The highest BCUT2D eigenvalue weighted by Gasteiger charge is 2.18. The van der Waals surface area contributed by atoms with Crippen LogP contribution in [-0.2, 0) is 21.4 Å². The summed E-state index contributed by atoms with van der Waals surface area (Å²) >= 11 is 11.8. The molecule has 7 nitrogen and oxygen atoms in total. The molecule has 0 aliphatic rings. The second kappa shape index (κ2) is 14.5. The molecule has 0 atom stereocenters. The average molecular weight is 530 g/mol. The van der Waals surface area contributed by atoms with Gasteiger partial charge in [0.05, 0.1) is 18.2 Å². The maximum atomic E-state index is 12.5. The van der Waals surface area contributed by atoms with Gasteiger partial charge in [-0.3, -0.25) is 0 Å². The molecule has 0 saturated carbocycles. The highest BCUT2D eigenvalue weighted by atomic mass is 35.5. The van der Waals surface area contributed by atoms with E-state index in [0.29, 0.717) is 44.2 Å². The van der Waals surface area contributed by atoms with Gasteiger partial charge in [-0.15, -0.1) is 0 Å². The van der Waals surface area contributed by atoms with Gasteiger partial charge in [-0.05, 0) is 50.5 Å². The topological polar surface area (TPSA) is 87.7 Å². The summed E-state index contributed by atoms with van der Waals surface area (Å²) in [7, 11) is -3.74. The van der Waals surface area contributed by atoms with Gasteiger partial charge in [-0.25, -0.2) is 17.9 Å². The van der Waals surface area contributed by atoms with E-state index >= 15 is 0 Å². The van der Waals surface area contributed by atoms with Crippen molar-refractivity contribution in [2.75, 3.05) is 26.2 Å². The Morgan fingerprint density at radius 3 is 2.53 bits per heavy atom. The molecule has 34 heavy (non-hydrogen) atoms. The fourth-order valence-corrected chi connectivity index (χ4v) is 4.91. The molecule has 1 radical (unpaired) electrons. The Morgan fingerprint density at radius 1 is 1.12 bits per heavy atom. The number of carbonyl (C=O) groups is 1. The molecule has 0 aliphatic heterocycles. The van der Waals surface area contributed by atoms with Crippen LogP contribution in [0.1, 0.15) is 32.3 Å². The normalized spacial score (nSPS) is 11.6. The highest BCUT2D eigenvalue weighted by Crippen LogP contribution is 2.24. The van der Waals surface area contributed by atoms with E-state index in [1.807, 2.05) is 50.6 Å². The molecule has 0 saturated heterocycles. The van der Waals surface area contributed by atoms with Gasteiger partial charge in [0.25, 0.3) is 0 Å². The molecule has 0 aromatic heterocycles. The number of rotatable bonds is 14. The third-order valence-electron chi connectivity index (χ3n) is 4.73. The third kappa shape index (κ3) is 10.2. The van der Waals surface area contributed by atoms with E-state index in [0.717, 1.165) is 5.56 Å². The number of hydrogen-bond acceptors (Lipinski definition) is 4. The van der Waals surface area contributed by atoms with Crippen molar-refractivity contribution in [1.82, 2.24) is 14.9 Å². The van der Waals surface area contributed by atoms with Crippen molar-refractivity contribution in [3.05, 3.63) is 70.6 Å². The van der Waals surface area contributed by atoms with E-state index in [1.54, 1.807) is 4.90 Å². The Labute approximate surface area is 212 Å². The Balaban J connectivity index is 1.76. The smallest absolute Gasteiger partial charge is 0.317 e. The van der Waals surface area contributed by atoms with Crippen molar-refractivity contribution in [2.45, 2.75) is 44.2 Å². The van der Waals surface area contributed by atoms with Crippen molar-refractivity contribution in [3.8, 4) is 0 Å². The average Bonchev–Trinajstić information content (AvgIpc) is 2.77. The number of nitrogens with zero attached hydrogens (tertiary/aromatic N) is 1. The second-order valence-corrected chi connectivity index (χ2v) is 10.6. The lowest BCUT2D eigenvalue weighted by Gasteiger charge is -2.24. The summed E-state index contributed by atoms with van der Waals surface area (Å²) in [4.78, 5) is 14.2. The minimum absolute atomic E-state index is 0.0124. The lowest BCUT2D eigenvalue weighted by Crippen LogP contribution is -2.44. The van der Waals surface area contributed by atoms with Gasteiger partial charge in [0.15, 0.2) is 0 Å². The third-order valence-corrected chi connectivity index (χ3v) is 6.91. The van der Waals surface area contributed by atoms with E-state index in [9.17, 15) is 13.2 Å². The van der Waals surface area contributed by atoms with Crippen molar-refractivity contribution >= 4 is 39.3 Å². The largest absolute Gasteiger partial charge is 0.376 e. The number of ether oxygens (including phenoxy) is 1. The SMILES string of the molecule is CC(C)NC(=O)N(C[CH]COCc1ccccc1)CCCCNS(=O)(=O)c1ccc(Cl)cc1Cl. The van der Waals surface area contributed by atoms with Crippen LogP contribution in [0.2, 0.25) is 10.0 Å². The van der Waals surface area contributed by atoms with Crippen LogP contribution in [0.15, 0.2) is 53.4 Å². The van der Waals surface area contributed by atoms with Gasteiger partial charge in [-0.2, -0.15) is 0 Å². The summed E-state index contributed by atoms with van der Waals surface area (Å²) in [6.07, 6.45) is 3.09. The molecule has 0 aliphatic carbocycles. The van der Waals surface area contributed by atoms with Gasteiger partial charge in [-0.1, -0.05) is 53.5 Å². The number of halogens is 2. The maximum absolute atomic E-state index is 12.5. The van der Waals surface area contributed by atoms with Crippen LogP contribution in [0.25, 0.3) is 0 Å². The molecular formula is C24H32Cl2N3O4S. The van der Waals surface area contributed by atoms with Crippen LogP contribution >= 0.6 is 23.2 Å². The van der Waals surface area contributed by atoms with E-state index in [-0.39, 0.29) is 28.5 Å². The first kappa shape index (κ1) is 28.4. The molecule has 2 N–H and O–H groups in total. The number of nitrogens with one attached hydrogen (secondary N) is 2. The molecule has 187 valence electrons. The zero-order valence-corrected chi connectivity index (χ0v) is 21.8. The Morgan fingerprint density at radius 2 is 1.85 bits per heavy atom. The lowest BCUT2D eigenvalue weighted by molar-refractivity contribution is 0.134. The first-order chi connectivity index (χ1) is 16.2. The number of urea groups is 1. The van der Waals surface area contributed by atoms with Gasteiger partial charge in [0.2, 0.25) is 10.0 Å². The molecular weight excluding hydrogens is 497 g/mol. The minimum atomic E-state index is -3.74. The molecule has 0 fully saturated rings. The molecule has 2 aromatic carbocycles. The minimum Gasteiger partial charge on any atom is -0.376 e. The molecule has 2 rings (SSSR count). The summed E-state index contributed by atoms with van der Waals surface area (Å²) < 4.78 is 33.1. The molecule has 0 bridgehead atoms. The molecule has 0 spiro atoms. The van der Waals surface area contributed by atoms with E-state index < -0.39 is 10.0 Å². The zero-order chi connectivity index (χ0) is 25.0. The standard InChI is InChI=1S/C24H32Cl2N3O4S/c1-19(2)28-24(30)29(15-8-16-33-18-20-9-4-3-5-10-20)14-7-6-13-27-34(31,32)23-12-11-21(25)17-22(23)26/h3-5,8-12,17,19,27H,6-7,13-16,18H2,1-2H3,(H,28,30). The van der Waals surface area contributed by atoms with Crippen LogP contribution in [0.5, 0.6) is 0 Å². The van der Waals surface area contributed by atoms with Crippen LogP contribution in [0.3, 0.4) is 0 Å². The van der Waals surface area contributed by atoms with Crippen molar-refractivity contribution in [2.24, 2.45) is 0 Å². The highest BCUT2D eigenvalue weighted by molar-refractivity contribution is 7.89. The zero-order valence-electron chi connectivity index (χ0n) is 19.5. The van der Waals surface area contributed by atoms with Gasteiger partial charge in [0.1, 0.15) is 4.90 Å². The summed E-state index contributed by atoms with van der Waals surface area (Å²) in [5.74, 6) is 0. The molecule has 10 heteroatoms. The number of benzene rings is 2. The van der Waals surface area contributed by atoms with Crippen LogP contribution in [-0.4, -0.2) is 51.6 Å². The predicted molar refractivity (Wildman–Crippen MR) is 137 cm³/mol. The van der Waals surface area contributed by atoms with Crippen LogP contribution in [0, 0.1) is 6.42 Å². The summed E-state index contributed by atoms with van der Waals surface area (Å²) in [5, 5.41) is 3.33. The number of sulfonamides is 1. The van der Waals surface area contributed by atoms with Crippen LogP contribution < -0.4 is 10.0 Å². The number of unbranched alkanes of at least 4 members (excludes halogenated alkanes) is 1. The lowest BCUT2D eigenvalue weighted by atomic mass is 10.2. The number of carbonyl (C=O) groups excluding carboxylic acids is 1. The Hall–Kier alpha value is -1.84. The first-order valence-electron chi connectivity index (χ1n) is 11.1. The number of hydrogen-bond donors (Lipinski definition) is 2. The maximum Gasteiger partial charge on any atom is 0.317 e. The predicted octanol–water partition coefficient (Wildman–Crippen LogP) is 4.89.